The van der Waals surface area contributed by atoms with Crippen molar-refractivity contribution in [3.63, 3.8) is 0 Å². The molecular formula is C34H35BrO13. The molecule has 0 aromatic heterocycles. The maximum Gasteiger partial charge on any atom is 0.335 e. The molecule has 48 heavy (non-hydrogen) atoms. The molecule has 0 bridgehead atoms. The Labute approximate surface area is 283 Å². The maximum absolute atomic E-state index is 10.2. The van der Waals surface area contributed by atoms with Gasteiger partial charge in [0.25, 0.3) is 0 Å². The van der Waals surface area contributed by atoms with Crippen LogP contribution < -0.4 is 0 Å². The van der Waals surface area contributed by atoms with Gasteiger partial charge in [0.1, 0.15) is 29.4 Å². The van der Waals surface area contributed by atoms with E-state index in [9.17, 15) is 29.4 Å². The Balaban J connectivity index is 0.000000302. The number of aliphatic hydroxyl groups excluding tert-OH is 4. The first-order chi connectivity index (χ1) is 22.8. The lowest BCUT2D eigenvalue weighted by atomic mass is 10.0. The zero-order valence-corrected chi connectivity index (χ0v) is 26.7. The van der Waals surface area contributed by atoms with E-state index < -0.39 is 59.9 Å². The van der Waals surface area contributed by atoms with Crippen LogP contribution in [0.1, 0.15) is 41.4 Å². The van der Waals surface area contributed by atoms with Gasteiger partial charge in [-0.15, -0.1) is 0 Å². The molecular weight excluding hydrogens is 696 g/mol. The number of aliphatic hydroxyl groups is 4. The number of rotatable bonds is 5. The first kappa shape index (κ1) is 41.1. The molecule has 5 atom stereocenters. The largest absolute Gasteiger partial charge is 0.478 e. The molecule has 14 heteroatoms. The Kier molecular flexibility index (Phi) is 19.3. The summed E-state index contributed by atoms with van der Waals surface area (Å²) in [6.07, 6.45) is -4.57. The highest BCUT2D eigenvalue weighted by Crippen LogP contribution is 2.24. The Bertz CT molecular complexity index is 1300. The van der Waals surface area contributed by atoms with Gasteiger partial charge in [0.15, 0.2) is 0 Å². The van der Waals surface area contributed by atoms with Crippen LogP contribution >= 0.6 is 15.9 Å². The van der Waals surface area contributed by atoms with Gasteiger partial charge in [0, 0.05) is 0 Å². The molecule has 4 aromatic rings. The van der Waals surface area contributed by atoms with Gasteiger partial charge in [-0.1, -0.05) is 88.7 Å². The molecule has 1 fully saturated rings. The van der Waals surface area contributed by atoms with Crippen molar-refractivity contribution >= 4 is 39.8 Å². The predicted molar refractivity (Wildman–Crippen MR) is 176 cm³/mol. The fourth-order valence-corrected chi connectivity index (χ4v) is 3.97. The highest BCUT2D eigenvalue weighted by molar-refractivity contribution is 9.09. The summed E-state index contributed by atoms with van der Waals surface area (Å²) in [5, 5.41) is 69.0. The lowest BCUT2D eigenvalue weighted by Crippen LogP contribution is -2.56. The molecule has 5 rings (SSSR count). The first-order valence-corrected chi connectivity index (χ1v) is 14.8. The molecule has 1 aliphatic heterocycles. The van der Waals surface area contributed by atoms with Gasteiger partial charge in [-0.3, -0.25) is 0 Å². The molecule has 4 aromatic carbocycles. The fourth-order valence-electron chi connectivity index (χ4n) is 3.38. The molecule has 0 saturated carbocycles. The number of benzene rings is 4. The molecule has 8 N–H and O–H groups in total. The Morgan fingerprint density at radius 1 is 0.479 bits per heavy atom. The van der Waals surface area contributed by atoms with E-state index in [0.29, 0.717) is 22.3 Å². The van der Waals surface area contributed by atoms with E-state index in [1.54, 1.807) is 121 Å². The minimum Gasteiger partial charge on any atom is -0.478 e. The summed E-state index contributed by atoms with van der Waals surface area (Å²) in [6, 6.07) is 33.2. The van der Waals surface area contributed by atoms with Crippen molar-refractivity contribution in [1.29, 1.82) is 0 Å². The van der Waals surface area contributed by atoms with E-state index in [4.69, 9.17) is 35.4 Å². The van der Waals surface area contributed by atoms with Crippen LogP contribution in [0.5, 0.6) is 0 Å². The smallest absolute Gasteiger partial charge is 0.335 e. The van der Waals surface area contributed by atoms with E-state index in [-0.39, 0.29) is 0 Å². The number of ether oxygens (including phenoxy) is 1. The summed E-state index contributed by atoms with van der Waals surface area (Å²) in [5.74, 6) is -3.52. The minimum absolute atomic E-state index is 0.331. The van der Waals surface area contributed by atoms with Crippen LogP contribution in [-0.2, 0) is 4.74 Å². The molecule has 1 aliphatic rings. The van der Waals surface area contributed by atoms with Gasteiger partial charge in [-0.05, 0) is 48.5 Å². The van der Waals surface area contributed by atoms with E-state index in [2.05, 4.69) is 15.9 Å². The van der Waals surface area contributed by atoms with Crippen LogP contribution in [0.15, 0.2) is 121 Å². The summed E-state index contributed by atoms with van der Waals surface area (Å²) in [6.45, 7) is -0.396. The van der Waals surface area contributed by atoms with Crippen molar-refractivity contribution in [1.82, 2.24) is 0 Å². The number of carboxylic acids is 4. The number of aromatic carboxylic acids is 4. The lowest BCUT2D eigenvalue weighted by Gasteiger charge is -2.37. The quantitative estimate of drug-likeness (QED) is 0.137. The highest BCUT2D eigenvalue weighted by atomic mass is 79.9. The van der Waals surface area contributed by atoms with Gasteiger partial charge < -0.3 is 45.6 Å². The summed E-state index contributed by atoms with van der Waals surface area (Å²) >= 11 is 2.95. The number of alkyl halides is 1. The number of carboxylic acid groups (broad SMARTS) is 4. The van der Waals surface area contributed by atoms with Crippen LogP contribution in [0.25, 0.3) is 0 Å². The van der Waals surface area contributed by atoms with Crippen molar-refractivity contribution < 1.29 is 64.8 Å². The summed E-state index contributed by atoms with van der Waals surface area (Å²) < 4.78 is 4.94. The molecule has 0 spiro atoms. The van der Waals surface area contributed by atoms with Crippen molar-refractivity contribution in [3.8, 4) is 0 Å². The van der Waals surface area contributed by atoms with E-state index in [1.807, 2.05) is 0 Å². The van der Waals surface area contributed by atoms with E-state index in [0.717, 1.165) is 0 Å². The van der Waals surface area contributed by atoms with Gasteiger partial charge >= 0.3 is 23.9 Å². The molecule has 1 saturated heterocycles. The molecule has 0 unspecified atom stereocenters. The normalized spacial score (nSPS) is 19.0. The second kappa shape index (κ2) is 22.5. The molecule has 13 nitrogen and oxygen atoms in total. The lowest BCUT2D eigenvalue weighted by molar-refractivity contribution is -0.203. The zero-order chi connectivity index (χ0) is 36.1. The van der Waals surface area contributed by atoms with Gasteiger partial charge in [-0.2, -0.15) is 0 Å². The van der Waals surface area contributed by atoms with Crippen LogP contribution in [0.3, 0.4) is 0 Å². The van der Waals surface area contributed by atoms with Crippen LogP contribution in [-0.4, -0.2) is 101 Å². The average molecular weight is 732 g/mol. The molecule has 0 amide bonds. The second-order valence-electron chi connectivity index (χ2n) is 9.36. The third-order valence-corrected chi connectivity index (χ3v) is 6.67. The number of hydrogen-bond acceptors (Lipinski definition) is 9. The van der Waals surface area contributed by atoms with Crippen LogP contribution in [0.2, 0.25) is 0 Å². The van der Waals surface area contributed by atoms with Gasteiger partial charge in [0.2, 0.25) is 0 Å². The predicted octanol–water partition coefficient (Wildman–Crippen LogP) is 3.72. The first-order valence-electron chi connectivity index (χ1n) is 13.9. The number of halogens is 1. The van der Waals surface area contributed by atoms with Crippen molar-refractivity contribution in [2.45, 2.75) is 29.4 Å². The third-order valence-electron chi connectivity index (χ3n) is 5.92. The average Bonchev–Trinajstić information content (AvgIpc) is 3.11. The highest BCUT2D eigenvalue weighted by Gasteiger charge is 2.42. The van der Waals surface area contributed by atoms with Crippen LogP contribution in [0, 0.1) is 0 Å². The Morgan fingerprint density at radius 3 is 0.917 bits per heavy atom. The maximum atomic E-state index is 10.2. The number of carbonyl (C=O) groups is 4. The van der Waals surface area contributed by atoms with E-state index in [1.165, 1.54) is 0 Å². The second-order valence-corrected chi connectivity index (χ2v) is 10.3. The Hall–Kier alpha value is -4.96. The molecule has 0 aliphatic carbocycles. The topological polar surface area (TPSA) is 239 Å². The SMILES string of the molecule is O=C(O)c1ccccc1.O=C(O)c1ccccc1.O=C(O)c1ccccc1.O=C(O)c1ccccc1.OC[C@H]1O[C@H](Br)[C@H](O)[C@@H](O)[C@@H]1O. The minimum atomic E-state index is -1.29. The van der Waals surface area contributed by atoms with Crippen molar-refractivity contribution in [2.75, 3.05) is 6.61 Å². The number of hydrogen-bond donors (Lipinski definition) is 8. The fraction of sp³-hybridized carbons (Fsp3) is 0.176. The third kappa shape index (κ3) is 15.6. The summed E-state index contributed by atoms with van der Waals surface area (Å²) in [5.41, 5.74) is 1.32. The molecule has 1 heterocycles. The van der Waals surface area contributed by atoms with Crippen molar-refractivity contribution in [2.24, 2.45) is 0 Å². The van der Waals surface area contributed by atoms with Crippen LogP contribution in [0.4, 0.5) is 0 Å². The summed E-state index contributed by atoms with van der Waals surface area (Å²) in [4.78, 5) is 40.8. The van der Waals surface area contributed by atoms with Crippen molar-refractivity contribution in [3.05, 3.63) is 144 Å². The van der Waals surface area contributed by atoms with E-state index >= 15 is 0 Å². The molecule has 256 valence electrons. The van der Waals surface area contributed by atoms with Gasteiger partial charge in [-0.25, -0.2) is 19.2 Å². The molecule has 0 radical (unpaired) electrons. The summed E-state index contributed by atoms with van der Waals surface area (Å²) in [7, 11) is 0. The Morgan fingerprint density at radius 2 is 0.729 bits per heavy atom. The van der Waals surface area contributed by atoms with Gasteiger partial charge in [0.05, 0.1) is 28.9 Å². The zero-order valence-electron chi connectivity index (χ0n) is 25.1. The monoisotopic (exact) mass is 730 g/mol. The standard InChI is InChI=1S/4C7H6O2.C6H11BrO5/c4*8-7(9)6-4-2-1-3-5-6;7-6-5(11)4(10)3(9)2(1-8)12-6/h4*1-5H,(H,8,9);2-6,8-11H,1H2/t;;;;2-,3-,4+,5-,6+/m....1/s1.